The van der Waals surface area contributed by atoms with Crippen LogP contribution in [0.15, 0.2) is 24.3 Å². The summed E-state index contributed by atoms with van der Waals surface area (Å²) in [5.41, 5.74) is 6.70. The van der Waals surface area contributed by atoms with Gasteiger partial charge in [-0.3, -0.25) is 0 Å². The molecule has 0 amide bonds. The van der Waals surface area contributed by atoms with Gasteiger partial charge in [-0.15, -0.1) is 0 Å². The molecule has 3 N–H and O–H groups in total. The van der Waals surface area contributed by atoms with Crippen LogP contribution in [-0.4, -0.2) is 25.9 Å². The van der Waals surface area contributed by atoms with E-state index in [-0.39, 0.29) is 18.1 Å². The Morgan fingerprint density at radius 2 is 2.07 bits per heavy atom. The quantitative estimate of drug-likeness (QED) is 0.702. The van der Waals surface area contributed by atoms with Gasteiger partial charge in [0.05, 0.1) is 18.1 Å². The van der Waals surface area contributed by atoms with Crippen molar-refractivity contribution in [1.29, 1.82) is 0 Å². The van der Waals surface area contributed by atoms with Gasteiger partial charge in [0.25, 0.3) is 0 Å². The van der Waals surface area contributed by atoms with Crippen molar-refractivity contribution in [3.8, 4) is 0 Å². The van der Waals surface area contributed by atoms with Crippen LogP contribution in [0.5, 0.6) is 0 Å². The normalized spacial score (nSPS) is 11.5. The Kier molecular flexibility index (Phi) is 3.49. The predicted molar refractivity (Wildman–Crippen MR) is 55.4 cm³/mol. The second-order valence-electron chi connectivity index (χ2n) is 3.06. The highest BCUT2D eigenvalue weighted by atomic mass is 32.2. The summed E-state index contributed by atoms with van der Waals surface area (Å²) >= 11 is 0. The molecule has 0 heterocycles. The maximum atomic E-state index is 11.3. The maximum absolute atomic E-state index is 11.3. The zero-order chi connectivity index (χ0) is 10.6. The Morgan fingerprint density at radius 3 is 2.64 bits per heavy atom. The van der Waals surface area contributed by atoms with E-state index in [0.29, 0.717) is 11.3 Å². The van der Waals surface area contributed by atoms with Gasteiger partial charge in [0.2, 0.25) is 0 Å². The standard InChI is InChI=1S/C9H13NO3S/c10-9-3-1-2-8(6-9)7-14(12,13)5-4-11/h1-3,6,11H,4-5,7,10H2. The second kappa shape index (κ2) is 4.43. The zero-order valence-corrected chi connectivity index (χ0v) is 8.50. The van der Waals surface area contributed by atoms with Crippen molar-refractivity contribution in [1.82, 2.24) is 0 Å². The molecule has 0 atom stereocenters. The van der Waals surface area contributed by atoms with Crippen molar-refractivity contribution < 1.29 is 13.5 Å². The van der Waals surface area contributed by atoms with Crippen LogP contribution < -0.4 is 5.73 Å². The van der Waals surface area contributed by atoms with Gasteiger partial charge in [-0.05, 0) is 17.7 Å². The van der Waals surface area contributed by atoms with Crippen LogP contribution in [0.1, 0.15) is 5.56 Å². The Hall–Kier alpha value is -1.07. The van der Waals surface area contributed by atoms with E-state index in [1.54, 1.807) is 24.3 Å². The number of anilines is 1. The molecule has 1 aromatic rings. The Morgan fingerprint density at radius 1 is 1.36 bits per heavy atom. The summed E-state index contributed by atoms with van der Waals surface area (Å²) in [4.78, 5) is 0. The molecule has 4 nitrogen and oxygen atoms in total. The lowest BCUT2D eigenvalue weighted by Crippen LogP contribution is -2.12. The van der Waals surface area contributed by atoms with Crippen molar-refractivity contribution in [2.24, 2.45) is 0 Å². The lowest BCUT2D eigenvalue weighted by atomic mass is 10.2. The van der Waals surface area contributed by atoms with Crippen LogP contribution in [0.2, 0.25) is 0 Å². The summed E-state index contributed by atoms with van der Waals surface area (Å²) in [6, 6.07) is 6.72. The lowest BCUT2D eigenvalue weighted by Gasteiger charge is -2.03. The molecule has 0 spiro atoms. The largest absolute Gasteiger partial charge is 0.399 e. The van der Waals surface area contributed by atoms with Gasteiger partial charge >= 0.3 is 0 Å². The fraction of sp³-hybridized carbons (Fsp3) is 0.333. The van der Waals surface area contributed by atoms with Crippen LogP contribution in [0.4, 0.5) is 5.69 Å². The highest BCUT2D eigenvalue weighted by Crippen LogP contribution is 2.10. The van der Waals surface area contributed by atoms with Crippen LogP contribution in [0.25, 0.3) is 0 Å². The highest BCUT2D eigenvalue weighted by Gasteiger charge is 2.10. The van der Waals surface area contributed by atoms with E-state index in [1.165, 1.54) is 0 Å². The number of hydrogen-bond donors (Lipinski definition) is 2. The van der Waals surface area contributed by atoms with E-state index in [0.717, 1.165) is 0 Å². The highest BCUT2D eigenvalue weighted by molar-refractivity contribution is 7.90. The Bertz CT molecular complexity index is 400. The van der Waals surface area contributed by atoms with Gasteiger partial charge in [0, 0.05) is 5.69 Å². The Labute approximate surface area is 83.3 Å². The van der Waals surface area contributed by atoms with Crippen LogP contribution >= 0.6 is 0 Å². The summed E-state index contributed by atoms with van der Waals surface area (Å²) in [5, 5.41) is 8.53. The smallest absolute Gasteiger partial charge is 0.156 e. The molecule has 0 aliphatic heterocycles. The molecule has 0 fully saturated rings. The van der Waals surface area contributed by atoms with Crippen molar-refractivity contribution in [2.45, 2.75) is 5.75 Å². The number of benzene rings is 1. The molecule has 0 aliphatic rings. The van der Waals surface area contributed by atoms with Gasteiger partial charge < -0.3 is 10.8 Å². The Balaban J connectivity index is 2.79. The fourth-order valence-corrected chi connectivity index (χ4v) is 2.26. The molecule has 0 unspecified atom stereocenters. The minimum absolute atomic E-state index is 0.0708. The van der Waals surface area contributed by atoms with Crippen molar-refractivity contribution >= 4 is 15.5 Å². The number of aliphatic hydroxyl groups excluding tert-OH is 1. The topological polar surface area (TPSA) is 80.4 Å². The molecule has 0 saturated carbocycles. The molecule has 1 aromatic carbocycles. The van der Waals surface area contributed by atoms with E-state index in [1.807, 2.05) is 0 Å². The molecule has 0 saturated heterocycles. The molecule has 0 aromatic heterocycles. The summed E-state index contributed by atoms with van der Waals surface area (Å²) in [7, 11) is -3.21. The van der Waals surface area contributed by atoms with Gasteiger partial charge in [-0.1, -0.05) is 12.1 Å². The number of nitrogens with two attached hydrogens (primary N) is 1. The molecule has 78 valence electrons. The summed E-state index contributed by atoms with van der Waals surface area (Å²) < 4.78 is 22.6. The number of sulfone groups is 1. The van der Waals surface area contributed by atoms with Gasteiger partial charge in [0.15, 0.2) is 9.84 Å². The van der Waals surface area contributed by atoms with Gasteiger partial charge in [-0.2, -0.15) is 0 Å². The van der Waals surface area contributed by atoms with Crippen LogP contribution in [0, 0.1) is 0 Å². The second-order valence-corrected chi connectivity index (χ2v) is 5.24. The van der Waals surface area contributed by atoms with E-state index in [9.17, 15) is 8.42 Å². The van der Waals surface area contributed by atoms with E-state index < -0.39 is 9.84 Å². The van der Waals surface area contributed by atoms with Gasteiger partial charge in [0.1, 0.15) is 0 Å². The lowest BCUT2D eigenvalue weighted by molar-refractivity contribution is 0.319. The van der Waals surface area contributed by atoms with Crippen molar-refractivity contribution in [3.05, 3.63) is 29.8 Å². The van der Waals surface area contributed by atoms with E-state index in [4.69, 9.17) is 10.8 Å². The van der Waals surface area contributed by atoms with E-state index >= 15 is 0 Å². The average Bonchev–Trinajstić information content (AvgIpc) is 2.02. The first kappa shape index (κ1) is 11.0. The average molecular weight is 215 g/mol. The molecule has 0 bridgehead atoms. The molecular weight excluding hydrogens is 202 g/mol. The number of nitrogen functional groups attached to an aromatic ring is 1. The van der Waals surface area contributed by atoms with Gasteiger partial charge in [-0.25, -0.2) is 8.42 Å². The first-order valence-electron chi connectivity index (χ1n) is 4.19. The van der Waals surface area contributed by atoms with Crippen molar-refractivity contribution in [3.63, 3.8) is 0 Å². The molecule has 0 aliphatic carbocycles. The summed E-state index contributed by atoms with van der Waals surface area (Å²) in [6.45, 7) is -0.343. The minimum atomic E-state index is -3.21. The first-order chi connectivity index (χ1) is 6.53. The third-order valence-corrected chi connectivity index (χ3v) is 3.32. The van der Waals surface area contributed by atoms with Crippen LogP contribution in [-0.2, 0) is 15.6 Å². The molecular formula is C9H13NO3S. The summed E-state index contributed by atoms with van der Waals surface area (Å²) in [6.07, 6.45) is 0. The minimum Gasteiger partial charge on any atom is -0.399 e. The number of rotatable bonds is 4. The first-order valence-corrected chi connectivity index (χ1v) is 6.01. The zero-order valence-electron chi connectivity index (χ0n) is 7.68. The predicted octanol–water partition coefficient (Wildman–Crippen LogP) is 0.176. The SMILES string of the molecule is Nc1cccc(CS(=O)(=O)CCO)c1. The fourth-order valence-electron chi connectivity index (χ4n) is 1.15. The monoisotopic (exact) mass is 215 g/mol. The summed E-state index contributed by atoms with van der Waals surface area (Å²) in [5.74, 6) is -0.277. The van der Waals surface area contributed by atoms with E-state index in [2.05, 4.69) is 0 Å². The van der Waals surface area contributed by atoms with Crippen LogP contribution in [0.3, 0.4) is 0 Å². The number of hydrogen-bond acceptors (Lipinski definition) is 4. The van der Waals surface area contributed by atoms with Crippen molar-refractivity contribution in [2.75, 3.05) is 18.1 Å². The maximum Gasteiger partial charge on any atom is 0.156 e. The number of aliphatic hydroxyl groups is 1. The molecule has 0 radical (unpaired) electrons. The third-order valence-electron chi connectivity index (χ3n) is 1.74. The molecule has 1 rings (SSSR count). The third kappa shape index (κ3) is 3.35. The molecule has 14 heavy (non-hydrogen) atoms. The molecule has 5 heteroatoms.